The first-order chi connectivity index (χ1) is 15.2. The van der Waals surface area contributed by atoms with Gasteiger partial charge >= 0.3 is 6.09 Å². The number of ether oxygens (including phenoxy) is 2. The van der Waals surface area contributed by atoms with Crippen molar-refractivity contribution in [1.82, 2.24) is 24.8 Å². The van der Waals surface area contributed by atoms with Crippen LogP contribution in [0.2, 0.25) is 5.02 Å². The van der Waals surface area contributed by atoms with Gasteiger partial charge in [-0.1, -0.05) is 11.6 Å². The standard InChI is InChI=1S/C21H24ClFN6O3/c1-21(2,3)32-20(30)29-4-5-31-11-13(29)8-25-19-16(23)10-27-18(28-19)15-9-26-17-14(15)6-12(22)7-24-17/h6-7,9-10,13H,4-5,8,11H2,1-3H3,(H,24,26)(H,25,27,28). The van der Waals surface area contributed by atoms with E-state index in [0.717, 1.165) is 11.6 Å². The van der Waals surface area contributed by atoms with Crippen molar-refractivity contribution in [2.24, 2.45) is 0 Å². The number of pyridine rings is 1. The van der Waals surface area contributed by atoms with E-state index in [-0.39, 0.29) is 18.4 Å². The van der Waals surface area contributed by atoms with Crippen LogP contribution in [0.3, 0.4) is 0 Å². The summed E-state index contributed by atoms with van der Waals surface area (Å²) in [7, 11) is 0. The molecule has 0 saturated carbocycles. The zero-order valence-corrected chi connectivity index (χ0v) is 18.7. The number of rotatable bonds is 4. The summed E-state index contributed by atoms with van der Waals surface area (Å²) in [5.41, 5.74) is 0.659. The van der Waals surface area contributed by atoms with Gasteiger partial charge in [-0.15, -0.1) is 0 Å². The summed E-state index contributed by atoms with van der Waals surface area (Å²) in [6, 6.07) is 1.40. The molecule has 170 valence electrons. The number of carbonyl (C=O) groups is 1. The molecule has 1 aliphatic rings. The number of morpholine rings is 1. The summed E-state index contributed by atoms with van der Waals surface area (Å²) in [4.78, 5) is 29.9. The van der Waals surface area contributed by atoms with Gasteiger partial charge < -0.3 is 19.8 Å². The topological polar surface area (TPSA) is 105 Å². The molecule has 1 saturated heterocycles. The average molecular weight is 463 g/mol. The van der Waals surface area contributed by atoms with E-state index in [1.807, 2.05) is 20.8 Å². The van der Waals surface area contributed by atoms with Crippen LogP contribution in [0.1, 0.15) is 20.8 Å². The Morgan fingerprint density at radius 1 is 1.41 bits per heavy atom. The van der Waals surface area contributed by atoms with Crippen molar-refractivity contribution >= 4 is 34.5 Å². The normalized spacial score (nSPS) is 16.9. The third-order valence-electron chi connectivity index (χ3n) is 4.84. The minimum atomic E-state index is -0.613. The molecule has 0 spiro atoms. The lowest BCUT2D eigenvalue weighted by atomic mass is 10.2. The number of halogens is 2. The second kappa shape index (κ2) is 8.87. The molecule has 3 aromatic rings. The van der Waals surface area contributed by atoms with Crippen LogP contribution in [0.4, 0.5) is 15.0 Å². The summed E-state index contributed by atoms with van der Waals surface area (Å²) in [5.74, 6) is -0.271. The minimum absolute atomic E-state index is 0.0223. The van der Waals surface area contributed by atoms with Gasteiger partial charge in [-0.05, 0) is 26.8 Å². The number of aromatic nitrogens is 4. The van der Waals surface area contributed by atoms with Crippen LogP contribution >= 0.6 is 11.6 Å². The van der Waals surface area contributed by atoms with E-state index in [9.17, 15) is 9.18 Å². The Kier molecular flexibility index (Phi) is 6.16. The largest absolute Gasteiger partial charge is 0.444 e. The maximum atomic E-state index is 14.5. The van der Waals surface area contributed by atoms with Gasteiger partial charge in [0.2, 0.25) is 0 Å². The van der Waals surface area contributed by atoms with Crippen molar-refractivity contribution in [2.75, 3.05) is 31.6 Å². The lowest BCUT2D eigenvalue weighted by molar-refractivity contribution is -0.0291. The van der Waals surface area contributed by atoms with Gasteiger partial charge in [0.05, 0.1) is 30.5 Å². The van der Waals surface area contributed by atoms with E-state index in [4.69, 9.17) is 21.1 Å². The van der Waals surface area contributed by atoms with Crippen LogP contribution in [-0.2, 0) is 9.47 Å². The molecule has 1 fully saturated rings. The fraction of sp³-hybridized carbons (Fsp3) is 0.429. The van der Waals surface area contributed by atoms with E-state index < -0.39 is 17.5 Å². The highest BCUT2D eigenvalue weighted by Gasteiger charge is 2.31. The van der Waals surface area contributed by atoms with Gasteiger partial charge in [0.25, 0.3) is 0 Å². The van der Waals surface area contributed by atoms with E-state index >= 15 is 0 Å². The summed E-state index contributed by atoms with van der Waals surface area (Å²) >= 11 is 6.06. The summed E-state index contributed by atoms with van der Waals surface area (Å²) in [6.07, 6.45) is 3.90. The molecular weight excluding hydrogens is 439 g/mol. The van der Waals surface area contributed by atoms with Gasteiger partial charge in [0.1, 0.15) is 11.2 Å². The Labute approximate surface area is 189 Å². The molecule has 4 heterocycles. The maximum absolute atomic E-state index is 14.5. The monoisotopic (exact) mass is 462 g/mol. The third-order valence-corrected chi connectivity index (χ3v) is 5.05. The molecular formula is C21H24ClFN6O3. The number of H-pyrrole nitrogens is 1. The zero-order valence-electron chi connectivity index (χ0n) is 18.0. The lowest BCUT2D eigenvalue weighted by Gasteiger charge is -2.36. The summed E-state index contributed by atoms with van der Waals surface area (Å²) in [6.45, 7) is 6.77. The number of amides is 1. The first kappa shape index (κ1) is 22.2. The van der Waals surface area contributed by atoms with Crippen LogP contribution in [-0.4, -0.2) is 68.9 Å². The van der Waals surface area contributed by atoms with Crippen molar-refractivity contribution in [2.45, 2.75) is 32.4 Å². The van der Waals surface area contributed by atoms with Crippen LogP contribution in [0.5, 0.6) is 0 Å². The smallest absolute Gasteiger partial charge is 0.410 e. The predicted molar refractivity (Wildman–Crippen MR) is 118 cm³/mol. The number of hydrogen-bond donors (Lipinski definition) is 2. The zero-order chi connectivity index (χ0) is 22.9. The van der Waals surface area contributed by atoms with Crippen LogP contribution in [0.25, 0.3) is 22.4 Å². The quantitative estimate of drug-likeness (QED) is 0.606. The molecule has 2 N–H and O–H groups in total. The van der Waals surface area contributed by atoms with Crippen LogP contribution < -0.4 is 5.32 Å². The minimum Gasteiger partial charge on any atom is -0.444 e. The molecule has 4 rings (SSSR count). The second-order valence-corrected chi connectivity index (χ2v) is 8.86. The number of nitrogens with one attached hydrogen (secondary N) is 2. The number of fused-ring (bicyclic) bond motifs is 1. The Morgan fingerprint density at radius 3 is 3.00 bits per heavy atom. The molecule has 1 aliphatic heterocycles. The molecule has 0 radical (unpaired) electrons. The highest BCUT2D eigenvalue weighted by Crippen LogP contribution is 2.28. The third kappa shape index (κ3) is 4.91. The van der Waals surface area contributed by atoms with Crippen LogP contribution in [0, 0.1) is 5.82 Å². The van der Waals surface area contributed by atoms with E-state index in [1.165, 1.54) is 6.20 Å². The Bertz CT molecular complexity index is 1130. The highest BCUT2D eigenvalue weighted by molar-refractivity contribution is 6.31. The fourth-order valence-corrected chi connectivity index (χ4v) is 3.54. The Morgan fingerprint density at radius 2 is 2.22 bits per heavy atom. The van der Waals surface area contributed by atoms with Crippen molar-refractivity contribution in [1.29, 1.82) is 0 Å². The average Bonchev–Trinajstić information content (AvgIpc) is 3.15. The molecule has 11 heteroatoms. The first-order valence-electron chi connectivity index (χ1n) is 10.2. The number of nitrogens with zero attached hydrogens (tertiary/aromatic N) is 4. The predicted octanol–water partition coefficient (Wildman–Crippen LogP) is 3.86. The molecule has 0 bridgehead atoms. The second-order valence-electron chi connectivity index (χ2n) is 8.43. The molecule has 1 unspecified atom stereocenters. The Hall–Kier alpha value is -2.98. The van der Waals surface area contributed by atoms with E-state index in [2.05, 4.69) is 25.3 Å². The summed E-state index contributed by atoms with van der Waals surface area (Å²) < 4.78 is 25.5. The number of anilines is 1. The molecule has 9 nitrogen and oxygen atoms in total. The number of carbonyl (C=O) groups excluding carboxylic acids is 1. The first-order valence-corrected chi connectivity index (χ1v) is 10.6. The molecule has 0 aliphatic carbocycles. The number of aromatic amines is 1. The number of hydrogen-bond acceptors (Lipinski definition) is 7. The fourth-order valence-electron chi connectivity index (χ4n) is 3.38. The van der Waals surface area contributed by atoms with Crippen molar-refractivity contribution in [3.63, 3.8) is 0 Å². The lowest BCUT2D eigenvalue weighted by Crippen LogP contribution is -2.53. The van der Waals surface area contributed by atoms with Gasteiger partial charge in [0, 0.05) is 36.4 Å². The van der Waals surface area contributed by atoms with Gasteiger partial charge in [-0.25, -0.2) is 24.1 Å². The Balaban J connectivity index is 1.53. The molecule has 3 aromatic heterocycles. The van der Waals surface area contributed by atoms with Crippen molar-refractivity contribution < 1.29 is 18.7 Å². The highest BCUT2D eigenvalue weighted by atomic mass is 35.5. The molecule has 1 atom stereocenters. The van der Waals surface area contributed by atoms with Crippen molar-refractivity contribution in [3.05, 3.63) is 35.5 Å². The molecule has 32 heavy (non-hydrogen) atoms. The maximum Gasteiger partial charge on any atom is 0.410 e. The SMILES string of the molecule is CC(C)(C)OC(=O)N1CCOCC1CNc1nc(-c2c[nH]c3ncc(Cl)cc23)ncc1F. The van der Waals surface area contributed by atoms with Gasteiger partial charge in [-0.3, -0.25) is 4.90 Å². The van der Waals surface area contributed by atoms with Crippen LogP contribution in [0.15, 0.2) is 24.7 Å². The van der Waals surface area contributed by atoms with Crippen molar-refractivity contribution in [3.8, 4) is 11.4 Å². The van der Waals surface area contributed by atoms with E-state index in [1.54, 1.807) is 17.2 Å². The van der Waals surface area contributed by atoms with Gasteiger partial charge in [0.15, 0.2) is 17.5 Å². The van der Waals surface area contributed by atoms with E-state index in [0.29, 0.717) is 41.8 Å². The van der Waals surface area contributed by atoms with Gasteiger partial charge in [-0.2, -0.15) is 0 Å². The molecule has 0 aromatic carbocycles. The molecule has 1 amide bonds. The summed E-state index contributed by atoms with van der Waals surface area (Å²) in [5, 5.41) is 4.18.